The van der Waals surface area contributed by atoms with Crippen molar-refractivity contribution in [2.45, 2.75) is 57.4 Å². The Morgan fingerprint density at radius 2 is 1.72 bits per heavy atom. The fraction of sp³-hybridized carbons (Fsp3) is 1.00. The van der Waals surface area contributed by atoms with Gasteiger partial charge in [-0.3, -0.25) is 0 Å². The van der Waals surface area contributed by atoms with Gasteiger partial charge in [0.05, 0.1) is 5.75 Å². The van der Waals surface area contributed by atoms with Crippen molar-refractivity contribution in [2.75, 3.05) is 11.6 Å². The van der Waals surface area contributed by atoms with Gasteiger partial charge in [0.1, 0.15) is 0 Å². The lowest BCUT2D eigenvalue weighted by atomic mass is 9.91. The van der Waals surface area contributed by atoms with Crippen LogP contribution in [0.2, 0.25) is 0 Å². The molecule has 5 heteroatoms. The molecule has 0 spiro atoms. The molecule has 3 nitrogen and oxygen atoms in total. The summed E-state index contributed by atoms with van der Waals surface area (Å²) in [6, 6.07) is 0.0797. The van der Waals surface area contributed by atoms with Gasteiger partial charge in [-0.15, -0.1) is 11.6 Å². The third-order valence-corrected chi connectivity index (χ3v) is 6.34. The van der Waals surface area contributed by atoms with Gasteiger partial charge in [-0.05, 0) is 37.5 Å². The van der Waals surface area contributed by atoms with E-state index in [-0.39, 0.29) is 6.04 Å². The first kappa shape index (κ1) is 14.6. The molecule has 0 heterocycles. The summed E-state index contributed by atoms with van der Waals surface area (Å²) in [5.74, 6) is 1.58. The molecule has 0 radical (unpaired) electrons. The summed E-state index contributed by atoms with van der Waals surface area (Å²) in [5, 5.41) is 0. The molecule has 2 aliphatic carbocycles. The molecule has 0 aromatic carbocycles. The van der Waals surface area contributed by atoms with E-state index in [1.807, 2.05) is 0 Å². The Labute approximate surface area is 116 Å². The number of hydrogen-bond donors (Lipinski definition) is 1. The molecule has 2 unspecified atom stereocenters. The predicted molar refractivity (Wildman–Crippen MR) is 75.3 cm³/mol. The van der Waals surface area contributed by atoms with Crippen molar-refractivity contribution in [3.63, 3.8) is 0 Å². The maximum Gasteiger partial charge on any atom is 0.212 e. The molecule has 0 saturated heterocycles. The number of rotatable bonds is 5. The quantitative estimate of drug-likeness (QED) is 0.792. The molecule has 2 saturated carbocycles. The molecule has 0 aromatic rings. The minimum Gasteiger partial charge on any atom is -0.212 e. The summed E-state index contributed by atoms with van der Waals surface area (Å²) in [5.41, 5.74) is 0. The second-order valence-corrected chi connectivity index (χ2v) is 7.96. The van der Waals surface area contributed by atoms with Crippen LogP contribution in [0.4, 0.5) is 0 Å². The maximum atomic E-state index is 12.2. The van der Waals surface area contributed by atoms with Gasteiger partial charge in [0, 0.05) is 11.9 Å². The fourth-order valence-corrected chi connectivity index (χ4v) is 5.51. The number of nitrogens with one attached hydrogen (secondary N) is 1. The summed E-state index contributed by atoms with van der Waals surface area (Å²) in [6.07, 6.45) is 8.88. The minimum atomic E-state index is -3.12. The molecule has 2 fully saturated rings. The summed E-state index contributed by atoms with van der Waals surface area (Å²) in [6.45, 7) is 0. The van der Waals surface area contributed by atoms with Crippen molar-refractivity contribution < 1.29 is 8.42 Å². The Kier molecular flexibility index (Phi) is 5.34. The average molecular weight is 294 g/mol. The van der Waals surface area contributed by atoms with Crippen molar-refractivity contribution in [1.82, 2.24) is 4.72 Å². The number of halogens is 1. The maximum absolute atomic E-state index is 12.2. The fourth-order valence-electron chi connectivity index (χ4n) is 3.32. The molecule has 2 atom stereocenters. The summed E-state index contributed by atoms with van der Waals surface area (Å²) < 4.78 is 27.2. The van der Waals surface area contributed by atoms with Crippen LogP contribution in [0.1, 0.15) is 51.4 Å². The first-order valence-corrected chi connectivity index (χ1v) is 9.35. The first-order valence-electron chi connectivity index (χ1n) is 7.16. The van der Waals surface area contributed by atoms with Gasteiger partial charge in [0.15, 0.2) is 0 Å². The Hall–Kier alpha value is 0.200. The van der Waals surface area contributed by atoms with Crippen molar-refractivity contribution >= 4 is 21.6 Å². The van der Waals surface area contributed by atoms with E-state index in [2.05, 4.69) is 4.72 Å². The highest BCUT2D eigenvalue weighted by atomic mass is 35.5. The van der Waals surface area contributed by atoms with Gasteiger partial charge in [0.2, 0.25) is 10.0 Å². The summed E-state index contributed by atoms with van der Waals surface area (Å²) in [4.78, 5) is 0. The van der Waals surface area contributed by atoms with Gasteiger partial charge in [-0.1, -0.05) is 25.7 Å². The Morgan fingerprint density at radius 1 is 1.00 bits per heavy atom. The lowest BCUT2D eigenvalue weighted by Crippen LogP contribution is -2.40. The summed E-state index contributed by atoms with van der Waals surface area (Å²) >= 11 is 5.89. The molecular weight excluding hydrogens is 270 g/mol. The molecular formula is C13H24ClNO2S. The van der Waals surface area contributed by atoms with E-state index in [0.29, 0.717) is 23.5 Å². The van der Waals surface area contributed by atoms with Crippen LogP contribution in [0.15, 0.2) is 0 Å². The molecule has 1 N–H and O–H groups in total. The Morgan fingerprint density at radius 3 is 2.39 bits per heavy atom. The summed E-state index contributed by atoms with van der Waals surface area (Å²) in [7, 11) is -3.12. The second-order valence-electron chi connectivity index (χ2n) is 5.86. The highest BCUT2D eigenvalue weighted by molar-refractivity contribution is 7.89. The van der Waals surface area contributed by atoms with Crippen LogP contribution in [-0.4, -0.2) is 26.1 Å². The van der Waals surface area contributed by atoms with Gasteiger partial charge in [-0.25, -0.2) is 13.1 Å². The van der Waals surface area contributed by atoms with E-state index in [4.69, 9.17) is 11.6 Å². The SMILES string of the molecule is O=S(=O)(CC1CCCCC1)NC1CCCC1CCl. The van der Waals surface area contributed by atoms with Crippen molar-refractivity contribution in [3.8, 4) is 0 Å². The minimum absolute atomic E-state index is 0.0797. The van der Waals surface area contributed by atoms with Gasteiger partial charge < -0.3 is 0 Å². The number of alkyl halides is 1. The Bertz CT molecular complexity index is 352. The van der Waals surface area contributed by atoms with E-state index in [1.165, 1.54) is 19.3 Å². The predicted octanol–water partition coefficient (Wildman–Crippen LogP) is 2.89. The van der Waals surface area contributed by atoms with E-state index < -0.39 is 10.0 Å². The van der Waals surface area contributed by atoms with Crippen LogP contribution < -0.4 is 4.72 Å². The van der Waals surface area contributed by atoms with Gasteiger partial charge in [0.25, 0.3) is 0 Å². The standard InChI is InChI=1S/C13H24ClNO2S/c14-9-12-7-4-8-13(12)15-18(16,17)10-11-5-2-1-3-6-11/h11-13,15H,1-10H2. The zero-order valence-electron chi connectivity index (χ0n) is 10.9. The largest absolute Gasteiger partial charge is 0.212 e. The zero-order chi connectivity index (χ0) is 13.0. The van der Waals surface area contributed by atoms with E-state index in [9.17, 15) is 8.42 Å². The molecule has 2 rings (SSSR count). The van der Waals surface area contributed by atoms with E-state index in [1.54, 1.807) is 0 Å². The monoisotopic (exact) mass is 293 g/mol. The molecule has 0 amide bonds. The van der Waals surface area contributed by atoms with Crippen molar-refractivity contribution in [1.29, 1.82) is 0 Å². The first-order chi connectivity index (χ1) is 8.61. The lowest BCUT2D eigenvalue weighted by molar-refractivity contribution is 0.381. The molecule has 106 valence electrons. The second kappa shape index (κ2) is 6.58. The molecule has 0 aliphatic heterocycles. The molecule has 2 aliphatic rings. The van der Waals surface area contributed by atoms with Crippen LogP contribution in [-0.2, 0) is 10.0 Å². The number of sulfonamides is 1. The van der Waals surface area contributed by atoms with Crippen LogP contribution in [0.25, 0.3) is 0 Å². The van der Waals surface area contributed by atoms with E-state index >= 15 is 0 Å². The lowest BCUT2D eigenvalue weighted by Gasteiger charge is -2.24. The van der Waals surface area contributed by atoms with Crippen LogP contribution in [0, 0.1) is 11.8 Å². The average Bonchev–Trinajstić information content (AvgIpc) is 2.76. The number of hydrogen-bond acceptors (Lipinski definition) is 2. The van der Waals surface area contributed by atoms with Crippen molar-refractivity contribution in [3.05, 3.63) is 0 Å². The van der Waals surface area contributed by atoms with Crippen LogP contribution in [0.5, 0.6) is 0 Å². The van der Waals surface area contributed by atoms with Crippen LogP contribution in [0.3, 0.4) is 0 Å². The normalized spacial score (nSPS) is 30.7. The highest BCUT2D eigenvalue weighted by Crippen LogP contribution is 2.28. The Balaban J connectivity index is 1.86. The zero-order valence-corrected chi connectivity index (χ0v) is 12.5. The third-order valence-electron chi connectivity index (χ3n) is 4.37. The van der Waals surface area contributed by atoms with Gasteiger partial charge >= 0.3 is 0 Å². The topological polar surface area (TPSA) is 46.2 Å². The smallest absolute Gasteiger partial charge is 0.212 e. The molecule has 18 heavy (non-hydrogen) atoms. The third kappa shape index (κ3) is 4.10. The van der Waals surface area contributed by atoms with E-state index in [0.717, 1.165) is 32.1 Å². The highest BCUT2D eigenvalue weighted by Gasteiger charge is 2.31. The molecule has 0 aromatic heterocycles. The van der Waals surface area contributed by atoms with Gasteiger partial charge in [-0.2, -0.15) is 0 Å². The van der Waals surface area contributed by atoms with Crippen molar-refractivity contribution in [2.24, 2.45) is 11.8 Å². The molecule has 0 bridgehead atoms. The van der Waals surface area contributed by atoms with Crippen LogP contribution >= 0.6 is 11.6 Å².